The largest absolute Gasteiger partial charge is 0.477 e. The average molecular weight is 293 g/mol. The van der Waals surface area contributed by atoms with E-state index in [-0.39, 0.29) is 22.6 Å². The number of hydrogen-bond acceptors (Lipinski definition) is 5. The summed E-state index contributed by atoms with van der Waals surface area (Å²) >= 11 is 0. The van der Waals surface area contributed by atoms with E-state index in [1.54, 1.807) is 0 Å². The number of aromatic nitrogens is 1. The van der Waals surface area contributed by atoms with Crippen LogP contribution >= 0.6 is 0 Å². The van der Waals surface area contributed by atoms with Crippen molar-refractivity contribution in [2.75, 3.05) is 18.0 Å². The van der Waals surface area contributed by atoms with Crippen LogP contribution in [0, 0.1) is 15.5 Å². The van der Waals surface area contributed by atoms with Crippen molar-refractivity contribution in [3.63, 3.8) is 0 Å². The standard InChI is InChI=1S/C14H19N3O4/c1-3-14(4-2)7-8-16(9-14)12-11(17(20)21)6-5-10(15-12)13(18)19/h5-6H,3-4,7-9H2,1-2H3,(H,18,19). The molecule has 0 bridgehead atoms. The Morgan fingerprint density at radius 2 is 2.14 bits per heavy atom. The maximum Gasteiger partial charge on any atom is 0.354 e. The second-order valence-corrected chi connectivity index (χ2v) is 5.48. The van der Waals surface area contributed by atoms with E-state index in [4.69, 9.17) is 5.11 Å². The first-order valence-electron chi connectivity index (χ1n) is 7.06. The highest BCUT2D eigenvalue weighted by molar-refractivity contribution is 5.86. The van der Waals surface area contributed by atoms with Gasteiger partial charge in [-0.2, -0.15) is 0 Å². The Morgan fingerprint density at radius 3 is 2.62 bits per heavy atom. The molecule has 7 heteroatoms. The normalized spacial score (nSPS) is 17.0. The molecule has 0 spiro atoms. The Balaban J connectivity index is 2.40. The Kier molecular flexibility index (Phi) is 4.11. The Labute approximate surface area is 122 Å². The van der Waals surface area contributed by atoms with E-state index in [1.807, 2.05) is 4.90 Å². The summed E-state index contributed by atoms with van der Waals surface area (Å²) in [4.78, 5) is 27.5. The van der Waals surface area contributed by atoms with Gasteiger partial charge >= 0.3 is 11.7 Å². The quantitative estimate of drug-likeness (QED) is 0.662. The van der Waals surface area contributed by atoms with Gasteiger partial charge in [0.25, 0.3) is 0 Å². The molecule has 2 heterocycles. The van der Waals surface area contributed by atoms with E-state index in [0.717, 1.165) is 19.3 Å². The number of rotatable bonds is 5. The van der Waals surface area contributed by atoms with Crippen molar-refractivity contribution in [3.05, 3.63) is 27.9 Å². The zero-order valence-corrected chi connectivity index (χ0v) is 12.2. The van der Waals surface area contributed by atoms with Crippen molar-refractivity contribution in [2.24, 2.45) is 5.41 Å². The Bertz CT molecular complexity index is 569. The molecule has 0 atom stereocenters. The van der Waals surface area contributed by atoms with E-state index >= 15 is 0 Å². The van der Waals surface area contributed by atoms with E-state index in [9.17, 15) is 14.9 Å². The molecule has 7 nitrogen and oxygen atoms in total. The molecule has 0 saturated carbocycles. The molecule has 1 N–H and O–H groups in total. The van der Waals surface area contributed by atoms with Crippen molar-refractivity contribution in [3.8, 4) is 0 Å². The van der Waals surface area contributed by atoms with Crippen LogP contribution in [0.15, 0.2) is 12.1 Å². The third-order valence-electron chi connectivity index (χ3n) is 4.51. The Hall–Kier alpha value is -2.18. The van der Waals surface area contributed by atoms with E-state index in [2.05, 4.69) is 18.8 Å². The van der Waals surface area contributed by atoms with Gasteiger partial charge in [-0.1, -0.05) is 13.8 Å². The summed E-state index contributed by atoms with van der Waals surface area (Å²) in [7, 11) is 0. The molecule has 0 unspecified atom stereocenters. The van der Waals surface area contributed by atoms with Crippen LogP contribution in [0.3, 0.4) is 0 Å². The topological polar surface area (TPSA) is 96.6 Å². The van der Waals surface area contributed by atoms with Gasteiger partial charge in [-0.3, -0.25) is 10.1 Å². The van der Waals surface area contributed by atoms with Crippen molar-refractivity contribution in [2.45, 2.75) is 33.1 Å². The fourth-order valence-electron chi connectivity index (χ4n) is 2.88. The van der Waals surface area contributed by atoms with Gasteiger partial charge in [-0.15, -0.1) is 0 Å². The predicted octanol–water partition coefficient (Wildman–Crippen LogP) is 2.70. The summed E-state index contributed by atoms with van der Waals surface area (Å²) in [6, 6.07) is 2.40. The highest BCUT2D eigenvalue weighted by Gasteiger charge is 2.38. The smallest absolute Gasteiger partial charge is 0.354 e. The molecule has 114 valence electrons. The van der Waals surface area contributed by atoms with Gasteiger partial charge in [0, 0.05) is 19.2 Å². The van der Waals surface area contributed by atoms with Gasteiger partial charge in [-0.25, -0.2) is 9.78 Å². The van der Waals surface area contributed by atoms with Crippen LogP contribution in [-0.4, -0.2) is 34.1 Å². The summed E-state index contributed by atoms with van der Waals surface area (Å²) in [5, 5.41) is 20.2. The molecule has 1 aliphatic heterocycles. The first-order valence-corrected chi connectivity index (χ1v) is 7.06. The fourth-order valence-corrected chi connectivity index (χ4v) is 2.88. The molecule has 1 aliphatic rings. The second kappa shape index (κ2) is 5.67. The molecule has 21 heavy (non-hydrogen) atoms. The third-order valence-corrected chi connectivity index (χ3v) is 4.51. The van der Waals surface area contributed by atoms with Gasteiger partial charge in [0.2, 0.25) is 5.82 Å². The maximum atomic E-state index is 11.2. The summed E-state index contributed by atoms with van der Waals surface area (Å²) in [5.74, 6) is -1.01. The summed E-state index contributed by atoms with van der Waals surface area (Å²) in [6.45, 7) is 5.57. The zero-order valence-electron chi connectivity index (χ0n) is 12.2. The van der Waals surface area contributed by atoms with E-state index in [1.165, 1.54) is 12.1 Å². The molecule has 1 fully saturated rings. The van der Waals surface area contributed by atoms with Gasteiger partial charge in [0.1, 0.15) is 0 Å². The van der Waals surface area contributed by atoms with Gasteiger partial charge in [0.15, 0.2) is 5.69 Å². The number of carboxylic acid groups (broad SMARTS) is 1. The van der Waals surface area contributed by atoms with Crippen LogP contribution in [-0.2, 0) is 0 Å². The molecule has 1 aromatic heterocycles. The lowest BCUT2D eigenvalue weighted by molar-refractivity contribution is -0.384. The number of anilines is 1. The number of carbonyl (C=O) groups is 1. The molecular weight excluding hydrogens is 274 g/mol. The minimum Gasteiger partial charge on any atom is -0.477 e. The van der Waals surface area contributed by atoms with Crippen LogP contribution < -0.4 is 4.90 Å². The van der Waals surface area contributed by atoms with E-state index < -0.39 is 10.9 Å². The molecule has 0 radical (unpaired) electrons. The monoisotopic (exact) mass is 293 g/mol. The van der Waals surface area contributed by atoms with Crippen LogP contribution in [0.1, 0.15) is 43.6 Å². The van der Waals surface area contributed by atoms with Crippen LogP contribution in [0.4, 0.5) is 11.5 Å². The molecular formula is C14H19N3O4. The highest BCUT2D eigenvalue weighted by atomic mass is 16.6. The summed E-state index contributed by atoms with van der Waals surface area (Å²) in [5.41, 5.74) is -0.168. The minimum absolute atomic E-state index is 0.134. The number of nitro groups is 1. The maximum absolute atomic E-state index is 11.2. The van der Waals surface area contributed by atoms with Crippen LogP contribution in [0.5, 0.6) is 0 Å². The molecule has 1 saturated heterocycles. The van der Waals surface area contributed by atoms with Crippen molar-refractivity contribution in [1.82, 2.24) is 4.98 Å². The van der Waals surface area contributed by atoms with Gasteiger partial charge < -0.3 is 10.0 Å². The van der Waals surface area contributed by atoms with Gasteiger partial charge in [-0.05, 0) is 30.7 Å². The molecule has 2 rings (SSSR count). The van der Waals surface area contributed by atoms with Gasteiger partial charge in [0.05, 0.1) is 4.92 Å². The lowest BCUT2D eigenvalue weighted by Gasteiger charge is -2.26. The number of hydrogen-bond donors (Lipinski definition) is 1. The average Bonchev–Trinajstić information content (AvgIpc) is 2.91. The Morgan fingerprint density at radius 1 is 1.48 bits per heavy atom. The third kappa shape index (κ3) is 2.81. The lowest BCUT2D eigenvalue weighted by atomic mass is 9.82. The number of carboxylic acids is 1. The fraction of sp³-hybridized carbons (Fsp3) is 0.571. The number of aromatic carboxylic acids is 1. The first kappa shape index (κ1) is 15.2. The molecule has 0 aliphatic carbocycles. The summed E-state index contributed by atoms with van der Waals surface area (Å²) in [6.07, 6.45) is 2.93. The molecule has 0 amide bonds. The highest BCUT2D eigenvalue weighted by Crippen LogP contribution is 2.40. The van der Waals surface area contributed by atoms with Crippen molar-refractivity contribution in [1.29, 1.82) is 0 Å². The number of pyridine rings is 1. The first-order chi connectivity index (χ1) is 9.92. The zero-order chi connectivity index (χ0) is 15.6. The molecule has 1 aromatic rings. The number of nitrogens with zero attached hydrogens (tertiary/aromatic N) is 3. The van der Waals surface area contributed by atoms with Crippen molar-refractivity contribution >= 4 is 17.5 Å². The SMILES string of the molecule is CCC1(CC)CCN(c2nc(C(=O)O)ccc2[N+](=O)[O-])C1. The van der Waals surface area contributed by atoms with Crippen LogP contribution in [0.25, 0.3) is 0 Å². The second-order valence-electron chi connectivity index (χ2n) is 5.48. The summed E-state index contributed by atoms with van der Waals surface area (Å²) < 4.78 is 0. The predicted molar refractivity (Wildman–Crippen MR) is 77.7 cm³/mol. The van der Waals surface area contributed by atoms with E-state index in [0.29, 0.717) is 13.1 Å². The minimum atomic E-state index is -1.18. The molecule has 0 aromatic carbocycles. The van der Waals surface area contributed by atoms with Crippen molar-refractivity contribution < 1.29 is 14.8 Å². The lowest BCUT2D eigenvalue weighted by Crippen LogP contribution is -2.27. The van der Waals surface area contributed by atoms with Crippen LogP contribution in [0.2, 0.25) is 0 Å².